The lowest BCUT2D eigenvalue weighted by Gasteiger charge is -2.08. The Morgan fingerprint density at radius 3 is 2.82 bits per heavy atom. The van der Waals surface area contributed by atoms with E-state index < -0.39 is 0 Å². The van der Waals surface area contributed by atoms with E-state index in [-0.39, 0.29) is 12.5 Å². The lowest BCUT2D eigenvalue weighted by molar-refractivity contribution is 0.0951. The molecular weight excluding hydrogens is 356 g/mol. The number of aliphatic hydroxyl groups excluding tert-OH is 1. The molecule has 0 aliphatic heterocycles. The second-order valence-corrected chi connectivity index (χ2v) is 6.22. The van der Waals surface area contributed by atoms with E-state index in [1.807, 2.05) is 36.4 Å². The minimum atomic E-state index is -0.184. The Balaban J connectivity index is 1.46. The van der Waals surface area contributed by atoms with E-state index >= 15 is 0 Å². The van der Waals surface area contributed by atoms with Gasteiger partial charge in [-0.05, 0) is 41.5 Å². The summed E-state index contributed by atoms with van der Waals surface area (Å²) in [5, 5.41) is 26.7. The van der Waals surface area contributed by atoms with Crippen molar-refractivity contribution in [3.05, 3.63) is 83.8 Å². The van der Waals surface area contributed by atoms with Gasteiger partial charge in [-0.1, -0.05) is 29.5 Å². The third-order valence-electron chi connectivity index (χ3n) is 4.27. The van der Waals surface area contributed by atoms with Gasteiger partial charge in [0.15, 0.2) is 0 Å². The quantitative estimate of drug-likeness (QED) is 0.479. The van der Waals surface area contributed by atoms with Crippen LogP contribution in [0.2, 0.25) is 0 Å². The molecule has 140 valence electrons. The van der Waals surface area contributed by atoms with Crippen LogP contribution in [0.25, 0.3) is 16.9 Å². The number of carbonyl (C=O) groups excluding carboxylic acids is 1. The van der Waals surface area contributed by atoms with Gasteiger partial charge in [0.25, 0.3) is 5.91 Å². The van der Waals surface area contributed by atoms with Crippen molar-refractivity contribution in [1.82, 2.24) is 30.5 Å². The summed E-state index contributed by atoms with van der Waals surface area (Å²) < 4.78 is 1.52. The monoisotopic (exact) mass is 374 g/mol. The second-order valence-electron chi connectivity index (χ2n) is 6.22. The van der Waals surface area contributed by atoms with Gasteiger partial charge in [-0.2, -0.15) is 5.10 Å². The molecule has 0 radical (unpaired) electrons. The Morgan fingerprint density at radius 2 is 2.04 bits per heavy atom. The average Bonchev–Trinajstić information content (AvgIpc) is 3.44. The second kappa shape index (κ2) is 7.85. The number of benzene rings is 2. The maximum Gasteiger partial charge on any atom is 0.251 e. The third-order valence-corrected chi connectivity index (χ3v) is 4.27. The van der Waals surface area contributed by atoms with Crippen LogP contribution in [0.5, 0.6) is 0 Å². The normalized spacial score (nSPS) is 10.8. The van der Waals surface area contributed by atoms with Crippen molar-refractivity contribution < 1.29 is 9.90 Å². The highest BCUT2D eigenvalue weighted by Crippen LogP contribution is 2.17. The van der Waals surface area contributed by atoms with E-state index in [2.05, 4.69) is 25.8 Å². The summed E-state index contributed by atoms with van der Waals surface area (Å²) in [5.74, 6) is -0.184. The standard InChI is InChI=1S/C20H18N6O2/c27-13-17-12-26(25-23-17)18-6-2-5-16(10-18)20(28)21-11-14-3-1-4-15(9-14)19-7-8-22-24-19/h1-10,12,27H,11,13H2,(H,21,28)(H,22,24). The van der Waals surface area contributed by atoms with E-state index in [1.54, 1.807) is 30.6 Å². The van der Waals surface area contributed by atoms with Crippen molar-refractivity contribution in [2.45, 2.75) is 13.2 Å². The molecule has 0 fully saturated rings. The van der Waals surface area contributed by atoms with Crippen molar-refractivity contribution in [2.75, 3.05) is 0 Å². The smallest absolute Gasteiger partial charge is 0.251 e. The van der Waals surface area contributed by atoms with Gasteiger partial charge in [0.2, 0.25) is 0 Å². The van der Waals surface area contributed by atoms with Crippen LogP contribution in [0.3, 0.4) is 0 Å². The molecule has 0 spiro atoms. The highest BCUT2D eigenvalue weighted by Gasteiger charge is 2.09. The Labute approximate surface area is 160 Å². The Kier molecular flexibility index (Phi) is 4.94. The number of aromatic amines is 1. The first-order valence-corrected chi connectivity index (χ1v) is 8.72. The maximum absolute atomic E-state index is 12.6. The number of hydrogen-bond donors (Lipinski definition) is 3. The van der Waals surface area contributed by atoms with E-state index in [0.29, 0.717) is 23.5 Å². The van der Waals surface area contributed by atoms with Crippen LogP contribution >= 0.6 is 0 Å². The summed E-state index contributed by atoms with van der Waals surface area (Å²) in [6.07, 6.45) is 3.33. The van der Waals surface area contributed by atoms with Crippen LogP contribution in [0.1, 0.15) is 21.6 Å². The van der Waals surface area contributed by atoms with Gasteiger partial charge in [-0.15, -0.1) is 5.10 Å². The number of H-pyrrole nitrogens is 1. The van der Waals surface area contributed by atoms with Crippen molar-refractivity contribution >= 4 is 5.91 Å². The molecule has 0 aliphatic carbocycles. The summed E-state index contributed by atoms with van der Waals surface area (Å²) in [4.78, 5) is 12.6. The molecule has 0 atom stereocenters. The number of nitrogens with one attached hydrogen (secondary N) is 2. The molecular formula is C20H18N6O2. The molecule has 0 aliphatic rings. The molecule has 0 bridgehead atoms. The molecule has 28 heavy (non-hydrogen) atoms. The summed E-state index contributed by atoms with van der Waals surface area (Å²) in [6.45, 7) is 0.223. The molecule has 4 rings (SSSR count). The average molecular weight is 374 g/mol. The highest BCUT2D eigenvalue weighted by atomic mass is 16.3. The number of aliphatic hydroxyl groups is 1. The highest BCUT2D eigenvalue weighted by molar-refractivity contribution is 5.94. The lowest BCUT2D eigenvalue weighted by atomic mass is 10.1. The minimum Gasteiger partial charge on any atom is -0.390 e. The summed E-state index contributed by atoms with van der Waals surface area (Å²) in [5.41, 5.74) is 4.60. The Morgan fingerprint density at radius 1 is 1.14 bits per heavy atom. The Bertz CT molecular complexity index is 1090. The molecule has 0 saturated carbocycles. The first-order chi connectivity index (χ1) is 13.7. The number of aromatic nitrogens is 5. The molecule has 2 aromatic heterocycles. The fourth-order valence-electron chi connectivity index (χ4n) is 2.84. The van der Waals surface area contributed by atoms with Crippen LogP contribution < -0.4 is 5.32 Å². The van der Waals surface area contributed by atoms with E-state index in [9.17, 15) is 4.79 Å². The van der Waals surface area contributed by atoms with Crippen LogP contribution in [0.15, 0.2) is 67.0 Å². The van der Waals surface area contributed by atoms with Crippen molar-refractivity contribution in [2.24, 2.45) is 0 Å². The van der Waals surface area contributed by atoms with Gasteiger partial charge in [0.1, 0.15) is 5.69 Å². The molecule has 0 saturated heterocycles. The zero-order valence-electron chi connectivity index (χ0n) is 14.9. The number of hydrogen-bond acceptors (Lipinski definition) is 5. The van der Waals surface area contributed by atoms with Gasteiger partial charge >= 0.3 is 0 Å². The van der Waals surface area contributed by atoms with Crippen LogP contribution in [-0.2, 0) is 13.2 Å². The van der Waals surface area contributed by atoms with E-state index in [1.165, 1.54) is 4.68 Å². The molecule has 0 unspecified atom stereocenters. The molecule has 8 nitrogen and oxygen atoms in total. The van der Waals surface area contributed by atoms with Gasteiger partial charge in [0, 0.05) is 18.3 Å². The molecule has 3 N–H and O–H groups in total. The summed E-state index contributed by atoms with van der Waals surface area (Å²) in [7, 11) is 0. The lowest BCUT2D eigenvalue weighted by Crippen LogP contribution is -2.22. The van der Waals surface area contributed by atoms with Crippen LogP contribution in [-0.4, -0.2) is 36.2 Å². The van der Waals surface area contributed by atoms with Gasteiger partial charge in [-0.3, -0.25) is 9.89 Å². The fourth-order valence-corrected chi connectivity index (χ4v) is 2.84. The van der Waals surface area contributed by atoms with Crippen molar-refractivity contribution in [1.29, 1.82) is 0 Å². The van der Waals surface area contributed by atoms with E-state index in [4.69, 9.17) is 5.11 Å². The predicted octanol–water partition coefficient (Wildman–Crippen LogP) is 2.08. The van der Waals surface area contributed by atoms with Gasteiger partial charge < -0.3 is 10.4 Å². The third kappa shape index (κ3) is 3.81. The molecule has 8 heteroatoms. The SMILES string of the molecule is O=C(NCc1cccc(-c2ccn[nH]2)c1)c1cccc(-n2cc(CO)nn2)c1. The molecule has 2 aromatic carbocycles. The van der Waals surface area contributed by atoms with Crippen LogP contribution in [0, 0.1) is 0 Å². The minimum absolute atomic E-state index is 0.183. The number of rotatable bonds is 6. The largest absolute Gasteiger partial charge is 0.390 e. The van der Waals surface area contributed by atoms with Crippen molar-refractivity contribution in [3.63, 3.8) is 0 Å². The van der Waals surface area contributed by atoms with Gasteiger partial charge in [0.05, 0.1) is 24.2 Å². The summed E-state index contributed by atoms with van der Waals surface area (Å²) >= 11 is 0. The zero-order valence-corrected chi connectivity index (χ0v) is 14.9. The first-order valence-electron chi connectivity index (χ1n) is 8.72. The Hall–Kier alpha value is -3.78. The van der Waals surface area contributed by atoms with Crippen LogP contribution in [0.4, 0.5) is 0 Å². The van der Waals surface area contributed by atoms with E-state index in [0.717, 1.165) is 16.8 Å². The predicted molar refractivity (Wildman–Crippen MR) is 102 cm³/mol. The molecule has 4 aromatic rings. The number of nitrogens with zero attached hydrogens (tertiary/aromatic N) is 4. The topological polar surface area (TPSA) is 109 Å². The number of amides is 1. The van der Waals surface area contributed by atoms with Crippen molar-refractivity contribution in [3.8, 4) is 16.9 Å². The maximum atomic E-state index is 12.6. The summed E-state index contributed by atoms with van der Waals surface area (Å²) in [6, 6.07) is 16.9. The first kappa shape index (κ1) is 17.6. The number of carbonyl (C=O) groups is 1. The zero-order chi connectivity index (χ0) is 19.3. The van der Waals surface area contributed by atoms with Gasteiger partial charge in [-0.25, -0.2) is 4.68 Å². The molecule has 1 amide bonds. The fraction of sp³-hybridized carbons (Fsp3) is 0.100. The molecule has 2 heterocycles.